The Bertz CT molecular complexity index is 1500. The summed E-state index contributed by atoms with van der Waals surface area (Å²) in [4.78, 5) is 47.0. The second-order valence-corrected chi connectivity index (χ2v) is 13.5. The molecule has 0 aliphatic carbocycles. The van der Waals surface area contributed by atoms with E-state index in [1.807, 2.05) is 20.8 Å². The third kappa shape index (κ3) is 17.8. The smallest absolute Gasteiger partial charge is 0.333 e. The standard InChI is InChI=1S/C21H33NO5.C11H13NO3.C8H14O2/c1-6-8-11-27-19(26)20(3,4)14-21(5,7-2)18(25)22-13-15-9-10-16(23)17(24)12-15;1-7(2)11(15)12-6-8-3-4-9(13)10(14)5-8;1-4-5-6-10-8(9)7(2)3/h9-10,12,23-24H,6-8,11,13-14H2,1-5H3,(H,22,25);3-5,13-14H,1,6H2,2H3,(H,12,15);2,4-6H2,1,3H3. The molecule has 12 heteroatoms. The molecule has 1 unspecified atom stereocenters. The first-order chi connectivity index (χ1) is 24.2. The molecular formula is C40H60N2O10. The Balaban J connectivity index is 0.000000867. The van der Waals surface area contributed by atoms with Gasteiger partial charge in [0.2, 0.25) is 11.8 Å². The Morgan fingerprint density at radius 1 is 0.692 bits per heavy atom. The van der Waals surface area contributed by atoms with Crippen LogP contribution in [0.5, 0.6) is 23.0 Å². The van der Waals surface area contributed by atoms with Crippen LogP contribution < -0.4 is 10.6 Å². The predicted octanol–water partition coefficient (Wildman–Crippen LogP) is 7.09. The van der Waals surface area contributed by atoms with Gasteiger partial charge in [0, 0.05) is 29.7 Å². The normalized spacial score (nSPS) is 11.6. The minimum Gasteiger partial charge on any atom is -0.504 e. The number of esters is 2. The molecule has 2 aromatic rings. The van der Waals surface area contributed by atoms with Crippen LogP contribution in [-0.2, 0) is 41.7 Å². The number of hydrogen-bond acceptors (Lipinski definition) is 10. The zero-order valence-electron chi connectivity index (χ0n) is 32.2. The highest BCUT2D eigenvalue weighted by atomic mass is 16.5. The Hall–Kier alpha value is -5.00. The minimum atomic E-state index is -0.771. The largest absolute Gasteiger partial charge is 0.504 e. The van der Waals surface area contributed by atoms with Crippen molar-refractivity contribution < 1.29 is 49.1 Å². The molecule has 0 bridgehead atoms. The number of rotatable bonds is 17. The summed E-state index contributed by atoms with van der Waals surface area (Å²) in [5, 5.41) is 42.7. The lowest BCUT2D eigenvalue weighted by atomic mass is 9.71. The van der Waals surface area contributed by atoms with Crippen molar-refractivity contribution >= 4 is 23.8 Å². The molecule has 6 N–H and O–H groups in total. The third-order valence-corrected chi connectivity index (χ3v) is 7.90. The van der Waals surface area contributed by atoms with Crippen LogP contribution in [0, 0.1) is 10.8 Å². The van der Waals surface area contributed by atoms with E-state index in [0.717, 1.165) is 25.7 Å². The molecule has 0 radical (unpaired) electrons. The first-order valence-corrected chi connectivity index (χ1v) is 17.5. The molecule has 0 heterocycles. The van der Waals surface area contributed by atoms with Crippen LogP contribution in [0.2, 0.25) is 0 Å². The van der Waals surface area contributed by atoms with Gasteiger partial charge in [0.25, 0.3) is 0 Å². The summed E-state index contributed by atoms with van der Waals surface area (Å²) in [6, 6.07) is 8.81. The van der Waals surface area contributed by atoms with Crippen molar-refractivity contribution in [3.63, 3.8) is 0 Å². The summed E-state index contributed by atoms with van der Waals surface area (Å²) in [5.74, 6) is -1.76. The zero-order chi connectivity index (χ0) is 40.1. The number of phenolic OH excluding ortho intramolecular Hbond substituents is 4. The number of ether oxygens (including phenoxy) is 2. The summed E-state index contributed by atoms with van der Waals surface area (Å²) in [6.07, 6.45) is 4.70. The predicted molar refractivity (Wildman–Crippen MR) is 201 cm³/mol. The third-order valence-electron chi connectivity index (χ3n) is 7.90. The van der Waals surface area contributed by atoms with E-state index in [0.29, 0.717) is 54.9 Å². The quantitative estimate of drug-likeness (QED) is 0.0424. The number of hydrogen-bond donors (Lipinski definition) is 6. The van der Waals surface area contributed by atoms with Crippen molar-refractivity contribution in [3.05, 3.63) is 71.8 Å². The van der Waals surface area contributed by atoms with E-state index in [9.17, 15) is 34.5 Å². The van der Waals surface area contributed by atoms with E-state index in [1.54, 1.807) is 39.8 Å². The first kappa shape index (κ1) is 47.0. The second kappa shape index (κ2) is 23.5. The van der Waals surface area contributed by atoms with Crippen LogP contribution in [0.25, 0.3) is 0 Å². The van der Waals surface area contributed by atoms with Gasteiger partial charge in [-0.1, -0.05) is 65.8 Å². The fraction of sp³-hybridized carbons (Fsp3) is 0.500. The molecule has 0 aliphatic rings. The fourth-order valence-corrected chi connectivity index (χ4v) is 4.44. The van der Waals surface area contributed by atoms with Gasteiger partial charge >= 0.3 is 11.9 Å². The summed E-state index contributed by atoms with van der Waals surface area (Å²) >= 11 is 0. The molecule has 12 nitrogen and oxygen atoms in total. The molecule has 290 valence electrons. The lowest BCUT2D eigenvalue weighted by Crippen LogP contribution is -2.43. The van der Waals surface area contributed by atoms with Gasteiger partial charge in [-0.15, -0.1) is 0 Å². The highest BCUT2D eigenvalue weighted by Crippen LogP contribution is 2.38. The van der Waals surface area contributed by atoms with E-state index in [-0.39, 0.29) is 53.3 Å². The average Bonchev–Trinajstić information content (AvgIpc) is 3.09. The van der Waals surface area contributed by atoms with Crippen LogP contribution in [0.1, 0.15) is 105 Å². The Morgan fingerprint density at radius 2 is 1.15 bits per heavy atom. The highest BCUT2D eigenvalue weighted by Gasteiger charge is 2.41. The van der Waals surface area contributed by atoms with E-state index in [2.05, 4.69) is 30.7 Å². The van der Waals surface area contributed by atoms with E-state index < -0.39 is 10.8 Å². The Kier molecular flexibility index (Phi) is 21.2. The summed E-state index contributed by atoms with van der Waals surface area (Å²) in [5.41, 5.74) is 0.781. The van der Waals surface area contributed by atoms with Gasteiger partial charge in [-0.25, -0.2) is 4.79 Å². The van der Waals surface area contributed by atoms with Gasteiger partial charge in [0.1, 0.15) is 0 Å². The Morgan fingerprint density at radius 3 is 1.56 bits per heavy atom. The number of phenols is 4. The summed E-state index contributed by atoms with van der Waals surface area (Å²) in [6.45, 7) is 23.1. The molecule has 2 rings (SSSR count). The van der Waals surface area contributed by atoms with Crippen LogP contribution >= 0.6 is 0 Å². The lowest BCUT2D eigenvalue weighted by molar-refractivity contribution is -0.157. The maximum Gasteiger partial charge on any atom is 0.333 e. The monoisotopic (exact) mass is 728 g/mol. The maximum absolute atomic E-state index is 12.8. The molecule has 0 spiro atoms. The van der Waals surface area contributed by atoms with E-state index >= 15 is 0 Å². The van der Waals surface area contributed by atoms with E-state index in [1.165, 1.54) is 24.3 Å². The van der Waals surface area contributed by atoms with Gasteiger partial charge < -0.3 is 40.5 Å². The summed E-state index contributed by atoms with van der Waals surface area (Å²) < 4.78 is 10.2. The van der Waals surface area contributed by atoms with Gasteiger partial charge in [0.05, 0.1) is 18.6 Å². The van der Waals surface area contributed by atoms with Gasteiger partial charge in [-0.05, 0) is 88.8 Å². The molecule has 2 amide bonds. The number of amides is 2. The van der Waals surface area contributed by atoms with Gasteiger partial charge in [-0.3, -0.25) is 14.4 Å². The van der Waals surface area contributed by atoms with Crippen molar-refractivity contribution in [1.82, 2.24) is 10.6 Å². The second-order valence-electron chi connectivity index (χ2n) is 13.5. The zero-order valence-corrected chi connectivity index (χ0v) is 32.2. The Labute approximate surface area is 308 Å². The maximum atomic E-state index is 12.8. The molecule has 0 aromatic heterocycles. The fourth-order valence-electron chi connectivity index (χ4n) is 4.44. The molecule has 2 aromatic carbocycles. The number of aromatic hydroxyl groups is 4. The number of benzene rings is 2. The van der Waals surface area contributed by atoms with Crippen molar-refractivity contribution in [2.75, 3.05) is 13.2 Å². The SMILES string of the molecule is C=C(C)C(=O)NCc1ccc(O)c(O)c1.C=C(C)C(=O)OCCCC.CCCCOC(=O)C(C)(C)CC(C)(CC)C(=O)NCc1ccc(O)c(O)c1. The lowest BCUT2D eigenvalue weighted by Gasteiger charge is -2.34. The van der Waals surface area contributed by atoms with E-state index in [4.69, 9.17) is 14.6 Å². The van der Waals surface area contributed by atoms with Crippen molar-refractivity contribution in [2.45, 2.75) is 107 Å². The molecule has 1 atom stereocenters. The average molecular weight is 729 g/mol. The molecular weight excluding hydrogens is 668 g/mol. The van der Waals surface area contributed by atoms with Crippen molar-refractivity contribution in [3.8, 4) is 23.0 Å². The van der Waals surface area contributed by atoms with Crippen molar-refractivity contribution in [1.29, 1.82) is 0 Å². The minimum absolute atomic E-state index is 0.160. The molecule has 52 heavy (non-hydrogen) atoms. The van der Waals surface area contributed by atoms with Crippen LogP contribution in [0.3, 0.4) is 0 Å². The molecule has 0 saturated heterocycles. The topological polar surface area (TPSA) is 192 Å². The van der Waals surface area contributed by atoms with Gasteiger partial charge in [-0.2, -0.15) is 0 Å². The van der Waals surface area contributed by atoms with Crippen LogP contribution in [-0.4, -0.2) is 57.4 Å². The number of unbranched alkanes of at least 4 members (excludes halogenated alkanes) is 2. The number of carbonyl (C=O) groups excluding carboxylic acids is 4. The summed E-state index contributed by atoms with van der Waals surface area (Å²) in [7, 11) is 0. The molecule has 0 saturated carbocycles. The molecule has 0 aliphatic heterocycles. The highest BCUT2D eigenvalue weighted by molar-refractivity contribution is 5.92. The van der Waals surface area contributed by atoms with Crippen molar-refractivity contribution in [2.24, 2.45) is 10.8 Å². The number of nitrogens with one attached hydrogen (secondary N) is 2. The molecule has 0 fully saturated rings. The number of carbonyl (C=O) groups is 4. The van der Waals surface area contributed by atoms with Crippen LogP contribution in [0.4, 0.5) is 0 Å². The first-order valence-electron chi connectivity index (χ1n) is 17.5. The van der Waals surface area contributed by atoms with Gasteiger partial charge in [0.15, 0.2) is 23.0 Å². The van der Waals surface area contributed by atoms with Crippen LogP contribution in [0.15, 0.2) is 60.7 Å².